The molecule has 0 aliphatic carbocycles. The Hall–Kier alpha value is -2.45. The van der Waals surface area contributed by atoms with Crippen LogP contribution in [0.1, 0.15) is 24.2 Å². The molecule has 22 heavy (non-hydrogen) atoms. The Morgan fingerprint density at radius 2 is 1.50 bits per heavy atom. The molecule has 0 aromatic heterocycles. The fraction of sp³-hybridized carbons (Fsp3) is 0.150. The van der Waals surface area contributed by atoms with E-state index in [0.29, 0.717) is 0 Å². The molecule has 0 radical (unpaired) electrons. The molecule has 2 aliphatic heterocycles. The minimum Gasteiger partial charge on any atom is -0.354 e. The summed E-state index contributed by atoms with van der Waals surface area (Å²) in [7, 11) is 0. The third kappa shape index (κ3) is 1.31. The second kappa shape index (κ2) is 3.84. The predicted octanol–water partition coefficient (Wildman–Crippen LogP) is 4.21. The summed E-state index contributed by atoms with van der Waals surface area (Å²) in [6, 6.07) is 15.8. The van der Waals surface area contributed by atoms with Crippen LogP contribution in [0.15, 0.2) is 65.5 Å². The van der Waals surface area contributed by atoms with Crippen molar-refractivity contribution in [2.75, 3.05) is 0 Å². The second-order valence-electron chi connectivity index (χ2n) is 6.21. The lowest BCUT2D eigenvalue weighted by molar-refractivity contribution is 0.0122. The van der Waals surface area contributed by atoms with Crippen molar-refractivity contribution in [1.29, 1.82) is 0 Å². The van der Waals surface area contributed by atoms with Gasteiger partial charge in [0.25, 0.3) is 0 Å². The fourth-order valence-electron chi connectivity index (χ4n) is 3.98. The van der Waals surface area contributed by atoms with Crippen LogP contribution in [-0.4, -0.2) is 0 Å². The van der Waals surface area contributed by atoms with Gasteiger partial charge in [-0.15, -0.1) is 0 Å². The molecular formula is C20H14O2. The molecule has 0 amide bonds. The van der Waals surface area contributed by atoms with E-state index >= 15 is 0 Å². The van der Waals surface area contributed by atoms with Crippen LogP contribution >= 0.6 is 0 Å². The summed E-state index contributed by atoms with van der Waals surface area (Å²) in [5, 5.41) is 3.56. The first-order valence-corrected chi connectivity index (χ1v) is 7.54. The molecule has 2 nitrogen and oxygen atoms in total. The van der Waals surface area contributed by atoms with Crippen molar-refractivity contribution in [3.05, 3.63) is 82.0 Å². The maximum Gasteiger partial charge on any atom is 0.194 e. The van der Waals surface area contributed by atoms with Crippen LogP contribution in [-0.2, 0) is 10.3 Å². The Balaban J connectivity index is 2.19. The Kier molecular flexibility index (Phi) is 2.12. The molecular weight excluding hydrogens is 272 g/mol. The zero-order valence-electron chi connectivity index (χ0n) is 12.2. The molecule has 2 heterocycles. The quantitative estimate of drug-likeness (QED) is 0.579. The highest BCUT2D eigenvalue weighted by molar-refractivity contribution is 5.99. The number of fused-ring (bicyclic) bond motifs is 9. The van der Waals surface area contributed by atoms with Crippen molar-refractivity contribution in [2.24, 2.45) is 0 Å². The fourth-order valence-corrected chi connectivity index (χ4v) is 3.98. The normalized spacial score (nSPS) is 25.0. The maximum absolute atomic E-state index is 13.0. The van der Waals surface area contributed by atoms with Gasteiger partial charge in [0, 0.05) is 16.3 Å². The zero-order valence-corrected chi connectivity index (χ0v) is 12.2. The van der Waals surface area contributed by atoms with Gasteiger partial charge in [0.2, 0.25) is 0 Å². The number of hydrogen-bond acceptors (Lipinski definition) is 2. The van der Waals surface area contributed by atoms with Gasteiger partial charge in [-0.3, -0.25) is 4.79 Å². The van der Waals surface area contributed by atoms with Gasteiger partial charge in [-0.2, -0.15) is 0 Å². The molecule has 2 heteroatoms. The molecule has 0 saturated carbocycles. The van der Waals surface area contributed by atoms with E-state index in [1.54, 1.807) is 0 Å². The molecule has 5 rings (SSSR count). The molecule has 0 unspecified atom stereocenters. The lowest BCUT2D eigenvalue weighted by Crippen LogP contribution is -2.15. The van der Waals surface area contributed by atoms with Crippen LogP contribution in [0.5, 0.6) is 0 Å². The molecule has 2 atom stereocenters. The van der Waals surface area contributed by atoms with Crippen molar-refractivity contribution < 1.29 is 4.74 Å². The Labute approximate surface area is 127 Å². The van der Waals surface area contributed by atoms with Crippen molar-refractivity contribution >= 4 is 21.5 Å². The second-order valence-corrected chi connectivity index (χ2v) is 6.21. The summed E-state index contributed by atoms with van der Waals surface area (Å²) in [4.78, 5) is 13.0. The van der Waals surface area contributed by atoms with Crippen LogP contribution < -0.4 is 5.43 Å². The molecule has 2 aliphatic rings. The number of rotatable bonds is 0. The van der Waals surface area contributed by atoms with E-state index < -0.39 is 5.60 Å². The van der Waals surface area contributed by atoms with Crippen molar-refractivity contribution in [1.82, 2.24) is 0 Å². The van der Waals surface area contributed by atoms with E-state index in [0.717, 1.165) is 32.7 Å². The van der Waals surface area contributed by atoms with Gasteiger partial charge in [0.15, 0.2) is 5.43 Å². The number of ether oxygens (including phenoxy) is 1. The van der Waals surface area contributed by atoms with Gasteiger partial charge in [0.1, 0.15) is 11.7 Å². The molecule has 106 valence electrons. The first-order valence-electron chi connectivity index (χ1n) is 7.54. The SMILES string of the molecule is C[C@@]12C=C[C@@H](O1)c1c2c2ccccc2c(=O)c2ccccc12. The average Bonchev–Trinajstić information content (AvgIpc) is 3.04. The monoisotopic (exact) mass is 286 g/mol. The van der Waals surface area contributed by atoms with Crippen molar-refractivity contribution in [2.45, 2.75) is 18.6 Å². The number of benzene rings is 2. The third-order valence-electron chi connectivity index (χ3n) is 4.91. The van der Waals surface area contributed by atoms with E-state index in [2.05, 4.69) is 19.1 Å². The first kappa shape index (κ1) is 12.1. The molecule has 2 bridgehead atoms. The highest BCUT2D eigenvalue weighted by Gasteiger charge is 2.45. The van der Waals surface area contributed by atoms with Crippen LogP contribution in [0.25, 0.3) is 21.5 Å². The van der Waals surface area contributed by atoms with Gasteiger partial charge in [-0.1, -0.05) is 54.6 Å². The van der Waals surface area contributed by atoms with Crippen LogP contribution in [0, 0.1) is 0 Å². The first-order chi connectivity index (χ1) is 10.7. The van der Waals surface area contributed by atoms with Gasteiger partial charge in [-0.05, 0) is 29.3 Å². The van der Waals surface area contributed by atoms with Crippen molar-refractivity contribution in [3.8, 4) is 0 Å². The largest absolute Gasteiger partial charge is 0.354 e. The summed E-state index contributed by atoms with van der Waals surface area (Å²) >= 11 is 0. The Morgan fingerprint density at radius 3 is 2.23 bits per heavy atom. The summed E-state index contributed by atoms with van der Waals surface area (Å²) in [6.45, 7) is 2.08. The van der Waals surface area contributed by atoms with E-state index in [9.17, 15) is 4.79 Å². The molecule has 3 aromatic carbocycles. The van der Waals surface area contributed by atoms with Gasteiger partial charge < -0.3 is 4.74 Å². The molecule has 0 saturated heterocycles. The van der Waals surface area contributed by atoms with E-state index in [-0.39, 0.29) is 11.5 Å². The van der Waals surface area contributed by atoms with E-state index in [1.807, 2.05) is 48.5 Å². The predicted molar refractivity (Wildman–Crippen MR) is 88.0 cm³/mol. The Bertz CT molecular complexity index is 1050. The molecule has 0 fully saturated rings. The summed E-state index contributed by atoms with van der Waals surface area (Å²) in [6.07, 6.45) is 4.17. The lowest BCUT2D eigenvalue weighted by Gasteiger charge is -2.18. The minimum atomic E-state index is -0.437. The Morgan fingerprint density at radius 1 is 0.909 bits per heavy atom. The van der Waals surface area contributed by atoms with Gasteiger partial charge >= 0.3 is 0 Å². The van der Waals surface area contributed by atoms with Crippen LogP contribution in [0.2, 0.25) is 0 Å². The summed E-state index contributed by atoms with van der Waals surface area (Å²) in [5.41, 5.74) is 1.96. The summed E-state index contributed by atoms with van der Waals surface area (Å²) in [5.74, 6) is 0. The highest BCUT2D eigenvalue weighted by Crippen LogP contribution is 2.53. The summed E-state index contributed by atoms with van der Waals surface area (Å²) < 4.78 is 6.21. The third-order valence-corrected chi connectivity index (χ3v) is 4.91. The topological polar surface area (TPSA) is 26.3 Å². The van der Waals surface area contributed by atoms with Crippen molar-refractivity contribution in [3.63, 3.8) is 0 Å². The molecule has 3 aromatic rings. The zero-order chi connectivity index (χ0) is 14.9. The smallest absolute Gasteiger partial charge is 0.194 e. The van der Waals surface area contributed by atoms with Gasteiger partial charge in [-0.25, -0.2) is 0 Å². The molecule has 0 spiro atoms. The van der Waals surface area contributed by atoms with Gasteiger partial charge in [0.05, 0.1) is 0 Å². The average molecular weight is 286 g/mol. The van der Waals surface area contributed by atoms with E-state index in [1.165, 1.54) is 0 Å². The van der Waals surface area contributed by atoms with Crippen LogP contribution in [0.4, 0.5) is 0 Å². The van der Waals surface area contributed by atoms with Crippen LogP contribution in [0.3, 0.4) is 0 Å². The minimum absolute atomic E-state index is 0.0555. The van der Waals surface area contributed by atoms with E-state index in [4.69, 9.17) is 4.74 Å². The highest BCUT2D eigenvalue weighted by atomic mass is 16.5. The standard InChI is InChI=1S/C20H14O2/c1-20-11-10-16(22-20)17-12-6-2-4-8-14(12)19(21)15-9-5-3-7-13(15)18(17)20/h2-11,16H,1H3/t16-,20+/m1/s1. The maximum atomic E-state index is 13.0. The lowest BCUT2D eigenvalue weighted by atomic mass is 9.86. The molecule has 0 N–H and O–H groups in total. The number of hydrogen-bond donors (Lipinski definition) is 0.